The molecule has 0 aliphatic heterocycles. The Hall–Kier alpha value is -1.49. The number of benzene rings is 1. The third kappa shape index (κ3) is 1.59. The molecular formula is C10H9BrN2O2. The van der Waals surface area contributed by atoms with Gasteiger partial charge in [0.25, 0.3) is 0 Å². The summed E-state index contributed by atoms with van der Waals surface area (Å²) in [5.41, 5.74) is 7.72. The largest absolute Gasteiger partial charge is 0.506 e. The van der Waals surface area contributed by atoms with Crippen LogP contribution in [-0.2, 0) is 0 Å². The summed E-state index contributed by atoms with van der Waals surface area (Å²) in [5.74, 6) is 0.339. The lowest BCUT2D eigenvalue weighted by Crippen LogP contribution is -1.87. The number of nitrogens with zero attached hydrogens (tertiary/aromatic N) is 1. The summed E-state index contributed by atoms with van der Waals surface area (Å²) in [5, 5.41) is 13.5. The highest BCUT2D eigenvalue weighted by Gasteiger charge is 2.14. The lowest BCUT2D eigenvalue weighted by molar-refractivity contribution is 0.436. The lowest BCUT2D eigenvalue weighted by Gasteiger charge is -2.06. The predicted octanol–water partition coefficient (Wildman–Crippen LogP) is 2.70. The van der Waals surface area contributed by atoms with Crippen LogP contribution in [0.2, 0.25) is 0 Å². The lowest BCUT2D eigenvalue weighted by atomic mass is 10.1. The molecule has 0 saturated heterocycles. The number of halogens is 1. The Kier molecular flexibility index (Phi) is 2.40. The number of aromatic nitrogens is 1. The highest BCUT2D eigenvalue weighted by atomic mass is 79.9. The summed E-state index contributed by atoms with van der Waals surface area (Å²) in [6, 6.07) is 3.66. The van der Waals surface area contributed by atoms with Crippen LogP contribution in [0.3, 0.4) is 0 Å². The maximum atomic E-state index is 9.90. The zero-order valence-electron chi connectivity index (χ0n) is 7.99. The number of aryl methyl sites for hydroxylation is 1. The molecule has 0 spiro atoms. The molecule has 0 aliphatic carbocycles. The van der Waals surface area contributed by atoms with Crippen molar-refractivity contribution in [3.63, 3.8) is 0 Å². The Morgan fingerprint density at radius 3 is 2.73 bits per heavy atom. The van der Waals surface area contributed by atoms with Crippen molar-refractivity contribution in [1.82, 2.24) is 5.16 Å². The van der Waals surface area contributed by atoms with Gasteiger partial charge in [0.2, 0.25) is 5.88 Å². The zero-order valence-corrected chi connectivity index (χ0v) is 9.58. The molecule has 0 bridgehead atoms. The van der Waals surface area contributed by atoms with E-state index in [2.05, 4.69) is 21.1 Å². The molecule has 5 heteroatoms. The Bertz CT molecular complexity index is 508. The summed E-state index contributed by atoms with van der Waals surface area (Å²) < 4.78 is 5.40. The Morgan fingerprint density at radius 1 is 1.40 bits per heavy atom. The summed E-state index contributed by atoms with van der Waals surface area (Å²) in [7, 11) is 0. The molecular weight excluding hydrogens is 260 g/mol. The minimum atomic E-state index is 0.143. The van der Waals surface area contributed by atoms with Gasteiger partial charge in [0.15, 0.2) is 0 Å². The van der Waals surface area contributed by atoms with Gasteiger partial charge >= 0.3 is 0 Å². The first kappa shape index (κ1) is 10.0. The second-order valence-corrected chi connectivity index (χ2v) is 3.99. The second kappa shape index (κ2) is 3.58. The van der Waals surface area contributed by atoms with Crippen LogP contribution in [0.25, 0.3) is 11.1 Å². The van der Waals surface area contributed by atoms with Gasteiger partial charge in [-0.25, -0.2) is 0 Å². The molecule has 0 aliphatic rings. The summed E-state index contributed by atoms with van der Waals surface area (Å²) >= 11 is 3.30. The van der Waals surface area contributed by atoms with E-state index >= 15 is 0 Å². The van der Waals surface area contributed by atoms with E-state index in [1.165, 1.54) is 6.20 Å². The van der Waals surface area contributed by atoms with Gasteiger partial charge in [-0.05, 0) is 28.4 Å². The molecule has 2 rings (SSSR count). The maximum absolute atomic E-state index is 9.90. The molecule has 0 fully saturated rings. The van der Waals surface area contributed by atoms with E-state index in [0.717, 1.165) is 5.56 Å². The monoisotopic (exact) mass is 268 g/mol. The Morgan fingerprint density at radius 2 is 2.13 bits per heavy atom. The molecule has 1 heterocycles. The number of nitrogens with two attached hydrogens (primary N) is 1. The fourth-order valence-corrected chi connectivity index (χ4v) is 1.68. The van der Waals surface area contributed by atoms with Crippen molar-refractivity contribution in [3.8, 4) is 16.9 Å². The van der Waals surface area contributed by atoms with Gasteiger partial charge in [-0.1, -0.05) is 17.3 Å². The average Bonchev–Trinajstić information content (AvgIpc) is 2.62. The number of nitrogen functional groups attached to an aromatic ring is 1. The number of aromatic hydroxyl groups is 1. The Balaban J connectivity index is 2.65. The molecule has 1 aromatic heterocycles. The molecule has 0 atom stereocenters. The highest BCUT2D eigenvalue weighted by molar-refractivity contribution is 9.10. The van der Waals surface area contributed by atoms with Crippen molar-refractivity contribution >= 4 is 21.8 Å². The van der Waals surface area contributed by atoms with Crippen LogP contribution in [0.5, 0.6) is 5.75 Å². The van der Waals surface area contributed by atoms with Crippen molar-refractivity contribution < 1.29 is 9.63 Å². The van der Waals surface area contributed by atoms with Crippen molar-refractivity contribution in [2.45, 2.75) is 6.92 Å². The molecule has 2 aromatic rings. The van der Waals surface area contributed by atoms with E-state index in [1.807, 2.05) is 13.0 Å². The molecule has 0 amide bonds. The fraction of sp³-hybridized carbons (Fsp3) is 0.100. The summed E-state index contributed by atoms with van der Waals surface area (Å²) in [6.07, 6.45) is 1.48. The molecule has 15 heavy (non-hydrogen) atoms. The molecule has 0 unspecified atom stereocenters. The van der Waals surface area contributed by atoms with Gasteiger partial charge in [0, 0.05) is 5.56 Å². The topological polar surface area (TPSA) is 72.3 Å². The molecule has 3 N–H and O–H groups in total. The first-order valence-electron chi connectivity index (χ1n) is 4.30. The second-order valence-electron chi connectivity index (χ2n) is 3.20. The fourth-order valence-electron chi connectivity index (χ4n) is 1.33. The van der Waals surface area contributed by atoms with E-state index in [9.17, 15) is 5.11 Å². The van der Waals surface area contributed by atoms with Crippen LogP contribution >= 0.6 is 15.9 Å². The highest BCUT2D eigenvalue weighted by Crippen LogP contribution is 2.39. The number of hydrogen-bond donors (Lipinski definition) is 2. The van der Waals surface area contributed by atoms with Gasteiger partial charge in [-0.3, -0.25) is 0 Å². The quantitative estimate of drug-likeness (QED) is 0.834. The van der Waals surface area contributed by atoms with E-state index < -0.39 is 0 Å². The number of phenols is 1. The van der Waals surface area contributed by atoms with Crippen LogP contribution in [-0.4, -0.2) is 10.3 Å². The van der Waals surface area contributed by atoms with E-state index in [0.29, 0.717) is 15.6 Å². The van der Waals surface area contributed by atoms with E-state index in [4.69, 9.17) is 10.3 Å². The van der Waals surface area contributed by atoms with E-state index in [1.54, 1.807) is 6.07 Å². The van der Waals surface area contributed by atoms with Crippen molar-refractivity contribution in [1.29, 1.82) is 0 Å². The smallest absolute Gasteiger partial charge is 0.230 e. The summed E-state index contributed by atoms with van der Waals surface area (Å²) in [4.78, 5) is 0. The van der Waals surface area contributed by atoms with Gasteiger partial charge in [0.1, 0.15) is 5.75 Å². The molecule has 0 saturated carbocycles. The van der Waals surface area contributed by atoms with Gasteiger partial charge in [-0.15, -0.1) is 0 Å². The molecule has 1 aromatic carbocycles. The first-order valence-corrected chi connectivity index (χ1v) is 5.09. The maximum Gasteiger partial charge on any atom is 0.230 e. The first-order chi connectivity index (χ1) is 7.11. The SMILES string of the molecule is Cc1ccc(-c2cnoc2N)c(O)c1Br. The Labute approximate surface area is 94.8 Å². The number of rotatable bonds is 1. The number of hydrogen-bond acceptors (Lipinski definition) is 4. The minimum Gasteiger partial charge on any atom is -0.506 e. The van der Waals surface area contributed by atoms with Crippen molar-refractivity contribution in [2.24, 2.45) is 0 Å². The van der Waals surface area contributed by atoms with Gasteiger partial charge < -0.3 is 15.4 Å². The third-order valence-corrected chi connectivity index (χ3v) is 3.20. The molecule has 0 radical (unpaired) electrons. The third-order valence-electron chi connectivity index (χ3n) is 2.20. The van der Waals surface area contributed by atoms with Crippen LogP contribution in [0.4, 0.5) is 5.88 Å². The van der Waals surface area contributed by atoms with Crippen molar-refractivity contribution in [3.05, 3.63) is 28.4 Å². The van der Waals surface area contributed by atoms with Gasteiger partial charge in [-0.2, -0.15) is 0 Å². The average molecular weight is 269 g/mol. The zero-order chi connectivity index (χ0) is 11.0. The van der Waals surface area contributed by atoms with E-state index in [-0.39, 0.29) is 11.6 Å². The molecule has 78 valence electrons. The standard InChI is InChI=1S/C10H9BrN2O2/c1-5-2-3-6(9(14)8(5)11)7-4-13-15-10(7)12/h2-4,14H,12H2,1H3. The van der Waals surface area contributed by atoms with Crippen molar-refractivity contribution in [2.75, 3.05) is 5.73 Å². The van der Waals surface area contributed by atoms with Crippen LogP contribution in [0.15, 0.2) is 27.3 Å². The van der Waals surface area contributed by atoms with Crippen LogP contribution in [0.1, 0.15) is 5.56 Å². The minimum absolute atomic E-state index is 0.143. The summed E-state index contributed by atoms with van der Waals surface area (Å²) in [6.45, 7) is 1.89. The predicted molar refractivity (Wildman–Crippen MR) is 60.5 cm³/mol. The molecule has 4 nitrogen and oxygen atoms in total. The van der Waals surface area contributed by atoms with Crippen LogP contribution < -0.4 is 5.73 Å². The van der Waals surface area contributed by atoms with Gasteiger partial charge in [0.05, 0.1) is 16.2 Å². The van der Waals surface area contributed by atoms with Crippen LogP contribution in [0, 0.1) is 6.92 Å². The normalized spacial score (nSPS) is 10.5. The number of phenolic OH excluding ortho intramolecular Hbond substituents is 1. The number of anilines is 1.